The Labute approximate surface area is 190 Å². The van der Waals surface area contributed by atoms with Crippen molar-refractivity contribution in [1.29, 1.82) is 0 Å². The molecule has 2 aromatic rings. The van der Waals surface area contributed by atoms with E-state index >= 15 is 4.39 Å². The van der Waals surface area contributed by atoms with Crippen LogP contribution >= 0.6 is 0 Å². The Bertz CT molecular complexity index is 1090. The first kappa shape index (κ1) is 23.3. The molecule has 0 bridgehead atoms. The van der Waals surface area contributed by atoms with E-state index < -0.39 is 23.0 Å². The third-order valence-corrected chi connectivity index (χ3v) is 6.31. The van der Waals surface area contributed by atoms with Gasteiger partial charge in [-0.3, -0.25) is 4.79 Å². The molecule has 1 unspecified atom stereocenters. The van der Waals surface area contributed by atoms with Gasteiger partial charge in [-0.15, -0.1) is 0 Å². The van der Waals surface area contributed by atoms with Gasteiger partial charge < -0.3 is 9.74 Å². The highest BCUT2D eigenvalue weighted by molar-refractivity contribution is 6.01. The molecule has 0 N–H and O–H groups in total. The molecule has 1 amide bonds. The van der Waals surface area contributed by atoms with Crippen LogP contribution in [0.25, 0.3) is 0 Å². The molecule has 33 heavy (non-hydrogen) atoms. The van der Waals surface area contributed by atoms with Crippen LogP contribution < -0.4 is 0 Å². The first-order valence-electron chi connectivity index (χ1n) is 11.0. The minimum absolute atomic E-state index is 0.0380. The van der Waals surface area contributed by atoms with Crippen LogP contribution in [-0.2, 0) is 27.1 Å². The molecule has 0 radical (unpaired) electrons. The fourth-order valence-electron chi connectivity index (χ4n) is 4.35. The van der Waals surface area contributed by atoms with Gasteiger partial charge in [0.25, 0.3) is 0 Å². The quantitative estimate of drug-likeness (QED) is 0.523. The summed E-state index contributed by atoms with van der Waals surface area (Å²) < 4.78 is 54.9. The number of aryl methyl sites for hydroxylation is 1. The van der Waals surface area contributed by atoms with Crippen LogP contribution in [0, 0.1) is 6.92 Å². The van der Waals surface area contributed by atoms with Crippen LogP contribution in [0.3, 0.4) is 0 Å². The van der Waals surface area contributed by atoms with Crippen molar-refractivity contribution in [3.63, 3.8) is 0 Å². The maximum absolute atomic E-state index is 15.2. The predicted molar refractivity (Wildman–Crippen MR) is 116 cm³/mol. The molecular weight excluding hydrogens is 436 g/mol. The van der Waals surface area contributed by atoms with Crippen LogP contribution in [0.15, 0.2) is 47.6 Å². The maximum atomic E-state index is 15.2. The van der Waals surface area contributed by atoms with E-state index in [0.717, 1.165) is 18.6 Å². The average Bonchev–Trinajstić information content (AvgIpc) is 3.14. The summed E-state index contributed by atoms with van der Waals surface area (Å²) in [4.78, 5) is 19.0. The van der Waals surface area contributed by atoms with E-state index in [1.165, 1.54) is 4.90 Å². The third kappa shape index (κ3) is 4.48. The number of oxime groups is 1. The van der Waals surface area contributed by atoms with Crippen molar-refractivity contribution in [1.82, 2.24) is 4.90 Å². The van der Waals surface area contributed by atoms with Gasteiger partial charge in [0.15, 0.2) is 11.3 Å². The van der Waals surface area contributed by atoms with E-state index in [1.807, 2.05) is 6.92 Å². The van der Waals surface area contributed by atoms with Crippen molar-refractivity contribution >= 4 is 11.6 Å². The summed E-state index contributed by atoms with van der Waals surface area (Å²) in [5, 5.41) is 4.13. The normalized spacial score (nSPS) is 21.9. The van der Waals surface area contributed by atoms with Gasteiger partial charge in [-0.05, 0) is 49.1 Å². The maximum Gasteiger partial charge on any atom is 0.416 e. The molecule has 2 heterocycles. The summed E-state index contributed by atoms with van der Waals surface area (Å²) in [6, 6.07) is 10.7. The molecule has 1 atom stereocenters. The molecule has 4 rings (SSSR count). The van der Waals surface area contributed by atoms with Gasteiger partial charge in [-0.2, -0.15) is 13.2 Å². The highest BCUT2D eigenvalue weighted by Crippen LogP contribution is 2.40. The molecule has 2 aromatic carbocycles. The molecule has 1 saturated heterocycles. The van der Waals surface area contributed by atoms with E-state index in [9.17, 15) is 18.0 Å². The fourth-order valence-corrected chi connectivity index (χ4v) is 4.35. The summed E-state index contributed by atoms with van der Waals surface area (Å²) >= 11 is 0. The van der Waals surface area contributed by atoms with Gasteiger partial charge in [-0.25, -0.2) is 4.39 Å². The van der Waals surface area contributed by atoms with E-state index in [0.29, 0.717) is 34.4 Å². The topological polar surface area (TPSA) is 41.9 Å². The lowest BCUT2D eigenvalue weighted by Crippen LogP contribution is -2.58. The highest BCUT2D eigenvalue weighted by Gasteiger charge is 2.47. The van der Waals surface area contributed by atoms with Gasteiger partial charge in [0.1, 0.15) is 0 Å². The monoisotopic (exact) mass is 462 g/mol. The summed E-state index contributed by atoms with van der Waals surface area (Å²) in [7, 11) is 0. The largest absolute Gasteiger partial charge is 0.416 e. The lowest BCUT2D eigenvalue weighted by atomic mass is 9.85. The summed E-state index contributed by atoms with van der Waals surface area (Å²) in [5.41, 5.74) is -0.645. The zero-order valence-electron chi connectivity index (χ0n) is 18.8. The summed E-state index contributed by atoms with van der Waals surface area (Å²) in [6.45, 7) is 5.32. The third-order valence-electron chi connectivity index (χ3n) is 6.31. The second-order valence-electron chi connectivity index (χ2n) is 9.16. The number of rotatable bonds is 5. The zero-order valence-corrected chi connectivity index (χ0v) is 18.8. The Hall–Kier alpha value is -2.90. The van der Waals surface area contributed by atoms with E-state index in [4.69, 9.17) is 4.84 Å². The van der Waals surface area contributed by atoms with Gasteiger partial charge >= 0.3 is 6.18 Å². The number of nitrogens with zero attached hydrogens (tertiary/aromatic N) is 2. The van der Waals surface area contributed by atoms with Crippen molar-refractivity contribution in [3.8, 4) is 0 Å². The van der Waals surface area contributed by atoms with Crippen LogP contribution in [0.4, 0.5) is 17.6 Å². The first-order valence-corrected chi connectivity index (χ1v) is 11.0. The van der Waals surface area contributed by atoms with Crippen molar-refractivity contribution in [2.45, 2.75) is 57.5 Å². The van der Waals surface area contributed by atoms with Gasteiger partial charge in [0.2, 0.25) is 5.91 Å². The second-order valence-corrected chi connectivity index (χ2v) is 9.16. The lowest BCUT2D eigenvalue weighted by Gasteiger charge is -2.44. The van der Waals surface area contributed by atoms with Crippen LogP contribution in [0.5, 0.6) is 0 Å². The molecule has 1 fully saturated rings. The van der Waals surface area contributed by atoms with Crippen LogP contribution in [0.1, 0.15) is 60.9 Å². The van der Waals surface area contributed by atoms with Crippen LogP contribution in [0.2, 0.25) is 0 Å². The number of alkyl halides is 4. The number of hydrogen-bond donors (Lipinski definition) is 0. The number of carbonyl (C=O) groups is 1. The molecule has 4 nitrogen and oxygen atoms in total. The Morgan fingerprint density at radius 2 is 1.79 bits per heavy atom. The minimum atomic E-state index is -4.45. The Morgan fingerprint density at radius 3 is 2.39 bits per heavy atom. The molecular formula is C25H26F4N2O2. The number of likely N-dealkylation sites (tertiary alicyclic amines) is 1. The number of amides is 1. The lowest BCUT2D eigenvalue weighted by molar-refractivity contribution is -0.146. The molecule has 176 valence electrons. The predicted octanol–water partition coefficient (Wildman–Crippen LogP) is 5.86. The van der Waals surface area contributed by atoms with Crippen molar-refractivity contribution in [2.24, 2.45) is 5.16 Å². The number of benzene rings is 2. The summed E-state index contributed by atoms with van der Waals surface area (Å²) in [5.74, 6) is -0.0380. The van der Waals surface area contributed by atoms with E-state index in [2.05, 4.69) is 5.16 Å². The Balaban J connectivity index is 1.47. The molecule has 0 aliphatic carbocycles. The molecule has 0 saturated carbocycles. The molecule has 0 aromatic heterocycles. The van der Waals surface area contributed by atoms with E-state index in [-0.39, 0.29) is 25.4 Å². The van der Waals surface area contributed by atoms with Crippen molar-refractivity contribution in [2.75, 3.05) is 13.1 Å². The van der Waals surface area contributed by atoms with Crippen molar-refractivity contribution in [3.05, 3.63) is 70.3 Å². The first-order chi connectivity index (χ1) is 15.4. The Morgan fingerprint density at radius 1 is 1.12 bits per heavy atom. The SMILES string of the molecule is CCCC(=O)N1CC(F)(c2ccc(C3=NOC(C)(c4cc(C)cc(C(F)(F)F)c4)C3)cc2)C1. The standard InChI is InChI=1S/C25H26F4N2O2/c1-4-5-22(32)31-14-24(26,15-31)18-8-6-17(7-9-18)21-13-23(3,33-30-21)19-10-16(2)11-20(12-19)25(27,28)29/h6-12H,4-5,13-15H2,1-3H3. The van der Waals surface area contributed by atoms with E-state index in [1.54, 1.807) is 44.2 Å². The molecule has 8 heteroatoms. The number of hydrogen-bond acceptors (Lipinski definition) is 3. The number of carbonyl (C=O) groups excluding carboxylic acids is 1. The average molecular weight is 462 g/mol. The zero-order chi connectivity index (χ0) is 24.0. The van der Waals surface area contributed by atoms with Gasteiger partial charge in [-0.1, -0.05) is 48.0 Å². The van der Waals surface area contributed by atoms with Crippen LogP contribution in [-0.4, -0.2) is 29.6 Å². The Kier molecular flexibility index (Phi) is 5.75. The smallest absolute Gasteiger partial charge is 0.384 e. The molecule has 2 aliphatic heterocycles. The van der Waals surface area contributed by atoms with Gasteiger partial charge in [0.05, 0.1) is 24.4 Å². The second kappa shape index (κ2) is 8.15. The minimum Gasteiger partial charge on any atom is -0.384 e. The molecule has 2 aliphatic rings. The summed E-state index contributed by atoms with van der Waals surface area (Å²) in [6.07, 6.45) is -3.02. The fraction of sp³-hybridized carbons (Fsp3) is 0.440. The highest BCUT2D eigenvalue weighted by atomic mass is 19.4. The van der Waals surface area contributed by atoms with Gasteiger partial charge in [0, 0.05) is 12.8 Å². The number of halogens is 4. The van der Waals surface area contributed by atoms with Crippen molar-refractivity contribution < 1.29 is 27.2 Å². The molecule has 0 spiro atoms.